The van der Waals surface area contributed by atoms with Crippen molar-refractivity contribution in [1.82, 2.24) is 0 Å². The number of hydrogen-bond acceptors (Lipinski definition) is 0. The Bertz CT molecular complexity index is 5.25. The van der Waals surface area contributed by atoms with Crippen LogP contribution in [0, 0.1) is 0 Å². The van der Waals surface area contributed by atoms with E-state index in [-0.39, 0.29) is 0 Å². The molecule has 0 spiro atoms. The predicted octanol–water partition coefficient (Wildman–Crippen LogP) is 0.909. The van der Waals surface area contributed by atoms with Gasteiger partial charge in [-0.05, 0) is 0 Å². The van der Waals surface area contributed by atoms with E-state index in [1.807, 2.05) is 0 Å². The molecule has 0 aliphatic rings. The molecule has 0 bridgehead atoms. The summed E-state index contributed by atoms with van der Waals surface area (Å²) in [5.41, 5.74) is 0. The molecule has 0 N–H and O–H groups in total. The van der Waals surface area contributed by atoms with E-state index in [4.69, 9.17) is 0 Å². The molecular formula is C3H9Si. The molecule has 0 rings (SSSR count). The zero-order valence-corrected chi connectivity index (χ0v) is 4.44. The van der Waals surface area contributed by atoms with Gasteiger partial charge in [0.25, 0.3) is 0 Å². The Morgan fingerprint density at radius 1 is 1.75 bits per heavy atom. The second-order valence-electron chi connectivity index (χ2n) is 0.816. The minimum Gasteiger partial charge on any atom is -0.0741 e. The summed E-state index contributed by atoms with van der Waals surface area (Å²) in [6.45, 7) is 4.48. The molecule has 0 aromatic heterocycles. The molecule has 0 aromatic rings. The zero-order chi connectivity index (χ0) is 3.41. The molecule has 0 aliphatic heterocycles. The van der Waals surface area contributed by atoms with E-state index in [0.29, 0.717) is 0 Å². The number of hydrogen-bond donors (Lipinski definition) is 0. The van der Waals surface area contributed by atoms with Gasteiger partial charge in [0.1, 0.15) is 0 Å². The topological polar surface area (TPSA) is 0 Å². The molecule has 0 aromatic carbocycles. The van der Waals surface area contributed by atoms with Crippen LogP contribution in [0.3, 0.4) is 0 Å². The maximum absolute atomic E-state index is 2.26. The first-order chi connectivity index (χ1) is 1.91. The molecule has 0 fully saturated rings. The van der Waals surface area contributed by atoms with E-state index in [0.717, 1.165) is 9.52 Å². The van der Waals surface area contributed by atoms with Gasteiger partial charge in [0.15, 0.2) is 0 Å². The summed E-state index contributed by atoms with van der Waals surface area (Å²) in [5.74, 6) is 0. The van der Waals surface area contributed by atoms with Gasteiger partial charge in [0.05, 0.1) is 0 Å². The minimum absolute atomic E-state index is 0.782. The van der Waals surface area contributed by atoms with Crippen LogP contribution in [0.15, 0.2) is 0 Å². The van der Waals surface area contributed by atoms with Crippen molar-refractivity contribution in [3.8, 4) is 0 Å². The van der Waals surface area contributed by atoms with Gasteiger partial charge in [-0.1, -0.05) is 19.5 Å². The molecular weight excluding hydrogens is 64.1 g/mol. The van der Waals surface area contributed by atoms with Gasteiger partial charge in [-0.3, -0.25) is 0 Å². The monoisotopic (exact) mass is 73.0 g/mol. The Morgan fingerprint density at radius 3 is 2.00 bits per heavy atom. The minimum atomic E-state index is 0.782. The highest BCUT2D eigenvalue weighted by atomic mass is 28.2. The second kappa shape index (κ2) is 3.22. The standard InChI is InChI=1S/C3H9Si/c1-3-4-2/h4H,3H2,1-2H3. The highest BCUT2D eigenvalue weighted by molar-refractivity contribution is 6.33. The highest BCUT2D eigenvalue weighted by Gasteiger charge is 1.59. The van der Waals surface area contributed by atoms with Gasteiger partial charge in [0.2, 0.25) is 0 Å². The van der Waals surface area contributed by atoms with Crippen LogP contribution in [0.5, 0.6) is 0 Å². The molecule has 1 heteroatoms. The third kappa shape index (κ3) is 2.22. The molecule has 0 saturated heterocycles. The summed E-state index contributed by atoms with van der Waals surface area (Å²) >= 11 is 0. The van der Waals surface area contributed by atoms with Crippen LogP contribution in [0.25, 0.3) is 0 Å². The van der Waals surface area contributed by atoms with Crippen molar-refractivity contribution in [3.63, 3.8) is 0 Å². The van der Waals surface area contributed by atoms with Crippen molar-refractivity contribution >= 4 is 9.52 Å². The van der Waals surface area contributed by atoms with E-state index in [9.17, 15) is 0 Å². The summed E-state index contributed by atoms with van der Waals surface area (Å²) in [4.78, 5) is 0. The fraction of sp³-hybridized carbons (Fsp3) is 1.00. The maximum Gasteiger partial charge on any atom is 0.0244 e. The first-order valence-corrected chi connectivity index (χ1v) is 3.66. The average molecular weight is 73.2 g/mol. The quantitative estimate of drug-likeness (QED) is 0.405. The second-order valence-corrected chi connectivity index (χ2v) is 2.45. The molecule has 0 amide bonds. The fourth-order valence-corrected chi connectivity index (χ4v) is 0. The molecule has 0 aliphatic carbocycles. The van der Waals surface area contributed by atoms with E-state index >= 15 is 0 Å². The summed E-state index contributed by atoms with van der Waals surface area (Å²) in [6.07, 6.45) is 0. The maximum atomic E-state index is 2.26. The lowest BCUT2D eigenvalue weighted by atomic mass is 11.0. The van der Waals surface area contributed by atoms with Crippen LogP contribution < -0.4 is 0 Å². The van der Waals surface area contributed by atoms with Crippen molar-refractivity contribution in [2.24, 2.45) is 0 Å². The van der Waals surface area contributed by atoms with E-state index in [1.165, 1.54) is 6.04 Å². The Kier molecular flexibility index (Phi) is 3.39. The number of rotatable bonds is 1. The molecule has 0 heterocycles. The SMILES string of the molecule is CC[SiH]C. The van der Waals surface area contributed by atoms with Gasteiger partial charge in [0, 0.05) is 9.52 Å². The van der Waals surface area contributed by atoms with Crippen LogP contribution in [0.2, 0.25) is 12.6 Å². The Labute approximate surface area is 30.0 Å². The lowest BCUT2D eigenvalue weighted by Crippen LogP contribution is -1.67. The Balaban J connectivity index is 1.97. The molecule has 0 unspecified atom stereocenters. The van der Waals surface area contributed by atoms with Crippen LogP contribution in [-0.2, 0) is 0 Å². The molecule has 1 radical (unpaired) electrons. The Morgan fingerprint density at radius 2 is 2.00 bits per heavy atom. The predicted molar refractivity (Wildman–Crippen MR) is 23.5 cm³/mol. The zero-order valence-electron chi connectivity index (χ0n) is 3.28. The van der Waals surface area contributed by atoms with Crippen molar-refractivity contribution in [2.75, 3.05) is 0 Å². The highest BCUT2D eigenvalue weighted by Crippen LogP contribution is 1.64. The molecule has 0 atom stereocenters. The van der Waals surface area contributed by atoms with Crippen molar-refractivity contribution in [2.45, 2.75) is 19.5 Å². The van der Waals surface area contributed by atoms with E-state index in [1.54, 1.807) is 0 Å². The lowest BCUT2D eigenvalue weighted by Gasteiger charge is -1.65. The first kappa shape index (κ1) is 4.22. The fourth-order valence-electron chi connectivity index (χ4n) is 0. The normalized spacial score (nSPS) is 7.50. The van der Waals surface area contributed by atoms with Crippen LogP contribution in [0.1, 0.15) is 6.92 Å². The van der Waals surface area contributed by atoms with Gasteiger partial charge in [-0.2, -0.15) is 0 Å². The average Bonchev–Trinajstić information content (AvgIpc) is 1.37. The van der Waals surface area contributed by atoms with Crippen molar-refractivity contribution < 1.29 is 0 Å². The third-order valence-corrected chi connectivity index (χ3v) is 1.22. The molecule has 0 saturated carbocycles. The first-order valence-electron chi connectivity index (χ1n) is 1.69. The van der Waals surface area contributed by atoms with Gasteiger partial charge in [-0.25, -0.2) is 0 Å². The lowest BCUT2D eigenvalue weighted by molar-refractivity contribution is 1.45. The Hall–Kier alpha value is 0.217. The van der Waals surface area contributed by atoms with Crippen LogP contribution in [-0.4, -0.2) is 9.52 Å². The summed E-state index contributed by atoms with van der Waals surface area (Å²) in [5, 5.41) is 0. The van der Waals surface area contributed by atoms with Gasteiger partial charge >= 0.3 is 0 Å². The van der Waals surface area contributed by atoms with Crippen molar-refractivity contribution in [3.05, 3.63) is 0 Å². The third-order valence-electron chi connectivity index (χ3n) is 0.408. The summed E-state index contributed by atoms with van der Waals surface area (Å²) < 4.78 is 0. The molecule has 4 heavy (non-hydrogen) atoms. The summed E-state index contributed by atoms with van der Waals surface area (Å²) in [6, 6.07) is 1.40. The molecule has 25 valence electrons. The van der Waals surface area contributed by atoms with E-state index < -0.39 is 0 Å². The van der Waals surface area contributed by atoms with Gasteiger partial charge < -0.3 is 0 Å². The van der Waals surface area contributed by atoms with Gasteiger partial charge in [-0.15, -0.1) is 0 Å². The summed E-state index contributed by atoms with van der Waals surface area (Å²) in [7, 11) is 0.782. The smallest absolute Gasteiger partial charge is 0.0244 e. The largest absolute Gasteiger partial charge is 0.0741 e. The van der Waals surface area contributed by atoms with Crippen LogP contribution >= 0.6 is 0 Å². The van der Waals surface area contributed by atoms with E-state index in [2.05, 4.69) is 13.5 Å². The van der Waals surface area contributed by atoms with Crippen LogP contribution in [0.4, 0.5) is 0 Å². The van der Waals surface area contributed by atoms with Crippen molar-refractivity contribution in [1.29, 1.82) is 0 Å². The molecule has 0 nitrogen and oxygen atoms in total.